The first kappa shape index (κ1) is 24.9. The quantitative estimate of drug-likeness (QED) is 0.672. The fourth-order valence-electron chi connectivity index (χ4n) is 4.09. The lowest BCUT2D eigenvalue weighted by Gasteiger charge is -2.47. The topological polar surface area (TPSA) is 86.8 Å². The monoisotopic (exact) mass is 471 g/mol. The summed E-state index contributed by atoms with van der Waals surface area (Å²) in [6.07, 6.45) is 0.783. The number of piperazine rings is 1. The van der Waals surface area contributed by atoms with Crippen LogP contribution in [0.15, 0.2) is 53.4 Å². The van der Waals surface area contributed by atoms with Gasteiger partial charge in [0.25, 0.3) is 0 Å². The van der Waals surface area contributed by atoms with Gasteiger partial charge in [0.15, 0.2) is 0 Å². The molecule has 178 valence electrons. The van der Waals surface area contributed by atoms with Crippen LogP contribution in [0.1, 0.15) is 38.3 Å². The third kappa shape index (κ3) is 4.96. The van der Waals surface area contributed by atoms with Gasteiger partial charge in [-0.25, -0.2) is 8.42 Å². The van der Waals surface area contributed by atoms with Crippen molar-refractivity contribution in [1.82, 2.24) is 9.62 Å². The lowest BCUT2D eigenvalue weighted by molar-refractivity contribution is -0.132. The molecule has 0 bridgehead atoms. The Balaban J connectivity index is 2.05. The second-order valence-corrected chi connectivity index (χ2v) is 11.2. The lowest BCUT2D eigenvalue weighted by Crippen LogP contribution is -2.70. The minimum absolute atomic E-state index is 0.0977. The number of benzene rings is 2. The first-order valence-corrected chi connectivity index (χ1v) is 12.6. The third-order valence-corrected chi connectivity index (χ3v) is 8.04. The number of carbonyl (C=O) groups is 2. The van der Waals surface area contributed by atoms with Gasteiger partial charge in [-0.2, -0.15) is 4.31 Å². The Hall–Kier alpha value is -2.71. The number of amides is 2. The maximum Gasteiger partial charge on any atom is 0.247 e. The fraction of sp³-hybridized carbons (Fsp3) is 0.440. The van der Waals surface area contributed by atoms with Crippen LogP contribution in [0.2, 0.25) is 0 Å². The number of anilines is 1. The molecule has 0 saturated carbocycles. The summed E-state index contributed by atoms with van der Waals surface area (Å²) in [7, 11) is -3.95. The van der Waals surface area contributed by atoms with Gasteiger partial charge in [0, 0.05) is 18.8 Å². The number of sulfonamides is 1. The van der Waals surface area contributed by atoms with E-state index < -0.39 is 21.5 Å². The summed E-state index contributed by atoms with van der Waals surface area (Å²) < 4.78 is 27.8. The molecule has 7 nitrogen and oxygen atoms in total. The van der Waals surface area contributed by atoms with Gasteiger partial charge < -0.3 is 5.32 Å². The smallest absolute Gasteiger partial charge is 0.247 e. The Bertz CT molecular complexity index is 1130. The second-order valence-electron chi connectivity index (χ2n) is 9.25. The Labute approximate surface area is 196 Å². The van der Waals surface area contributed by atoms with Crippen molar-refractivity contribution in [1.29, 1.82) is 0 Å². The van der Waals surface area contributed by atoms with Crippen LogP contribution >= 0.6 is 0 Å². The molecular formula is C25H33N3O4S. The Morgan fingerprint density at radius 1 is 1.09 bits per heavy atom. The summed E-state index contributed by atoms with van der Waals surface area (Å²) in [6, 6.07) is 13.6. The molecule has 1 saturated heterocycles. The first-order chi connectivity index (χ1) is 15.5. The molecule has 1 aliphatic heterocycles. The molecule has 1 unspecified atom stereocenters. The van der Waals surface area contributed by atoms with Crippen LogP contribution in [0.25, 0.3) is 0 Å². The van der Waals surface area contributed by atoms with E-state index >= 15 is 0 Å². The van der Waals surface area contributed by atoms with Gasteiger partial charge in [-0.3, -0.25) is 14.5 Å². The van der Waals surface area contributed by atoms with E-state index in [0.29, 0.717) is 18.2 Å². The molecule has 2 aromatic rings. The molecule has 8 heteroatoms. The van der Waals surface area contributed by atoms with Crippen molar-refractivity contribution in [3.05, 3.63) is 59.7 Å². The molecule has 3 rings (SSSR count). The number of hydrogen-bond donors (Lipinski definition) is 1. The van der Waals surface area contributed by atoms with Crippen LogP contribution in [0.5, 0.6) is 0 Å². The molecule has 2 aromatic carbocycles. The van der Waals surface area contributed by atoms with Crippen LogP contribution < -0.4 is 10.2 Å². The number of aryl methyl sites for hydroxylation is 1. The fourth-order valence-corrected chi connectivity index (χ4v) is 5.60. The molecule has 0 aromatic heterocycles. The highest BCUT2D eigenvalue weighted by Crippen LogP contribution is 2.34. The van der Waals surface area contributed by atoms with Gasteiger partial charge in [-0.05, 0) is 62.4 Å². The molecule has 33 heavy (non-hydrogen) atoms. The van der Waals surface area contributed by atoms with Crippen LogP contribution in [-0.4, -0.2) is 49.7 Å². The Morgan fingerprint density at radius 2 is 1.76 bits per heavy atom. The number of rotatable bonds is 7. The molecular weight excluding hydrogens is 438 g/mol. The van der Waals surface area contributed by atoms with Crippen molar-refractivity contribution in [2.75, 3.05) is 24.5 Å². The Morgan fingerprint density at radius 3 is 2.39 bits per heavy atom. The SMILES string of the molecule is Cc1cccc(N2C(=O)CN(S(=O)(=O)c3ccccc3)CC2(C)C(=O)NCCC(C)C)c1C. The van der Waals surface area contributed by atoms with Gasteiger partial charge in [-0.1, -0.05) is 44.2 Å². The van der Waals surface area contributed by atoms with Gasteiger partial charge in [0.05, 0.1) is 11.4 Å². The zero-order valence-corrected chi connectivity index (χ0v) is 20.8. The summed E-state index contributed by atoms with van der Waals surface area (Å²) in [6.45, 7) is 9.59. The molecule has 1 heterocycles. The van der Waals surface area contributed by atoms with Gasteiger partial charge in [-0.15, -0.1) is 0 Å². The van der Waals surface area contributed by atoms with Crippen molar-refractivity contribution in [2.24, 2.45) is 5.92 Å². The van der Waals surface area contributed by atoms with E-state index in [1.54, 1.807) is 31.2 Å². The lowest BCUT2D eigenvalue weighted by atomic mass is 9.92. The predicted octanol–water partition coefficient (Wildman–Crippen LogP) is 3.26. The molecule has 0 spiro atoms. The standard InChI is InChI=1S/C25H33N3O4S/c1-18(2)14-15-26-24(30)25(5)17-27(33(31,32)21-11-7-6-8-12-21)16-23(29)28(25)22-13-9-10-19(3)20(22)4/h6-13,18H,14-17H2,1-5H3,(H,26,30). The number of carbonyl (C=O) groups excluding carboxylic acids is 2. The molecule has 1 N–H and O–H groups in total. The van der Waals surface area contributed by atoms with E-state index in [1.165, 1.54) is 17.0 Å². The number of nitrogens with one attached hydrogen (secondary N) is 1. The van der Waals surface area contributed by atoms with Crippen molar-refractivity contribution >= 4 is 27.5 Å². The highest BCUT2D eigenvalue weighted by Gasteiger charge is 2.51. The number of nitrogens with zero attached hydrogens (tertiary/aromatic N) is 2. The largest absolute Gasteiger partial charge is 0.354 e. The van der Waals surface area contributed by atoms with Crippen molar-refractivity contribution in [2.45, 2.75) is 51.5 Å². The van der Waals surface area contributed by atoms with Crippen LogP contribution in [0.3, 0.4) is 0 Å². The first-order valence-electron chi connectivity index (χ1n) is 11.2. The second kappa shape index (κ2) is 9.65. The van der Waals surface area contributed by atoms with Crippen LogP contribution in [0.4, 0.5) is 5.69 Å². The summed E-state index contributed by atoms with van der Waals surface area (Å²) in [5.41, 5.74) is 1.08. The van der Waals surface area contributed by atoms with Crippen LogP contribution in [0, 0.1) is 19.8 Å². The van der Waals surface area contributed by atoms with Crippen molar-refractivity contribution < 1.29 is 18.0 Å². The third-order valence-electron chi connectivity index (χ3n) is 6.23. The van der Waals surface area contributed by atoms with Gasteiger partial charge in [0.1, 0.15) is 5.54 Å². The minimum Gasteiger partial charge on any atom is -0.354 e. The number of hydrogen-bond acceptors (Lipinski definition) is 4. The molecule has 1 fully saturated rings. The summed E-state index contributed by atoms with van der Waals surface area (Å²) >= 11 is 0. The van der Waals surface area contributed by atoms with Gasteiger partial charge >= 0.3 is 0 Å². The van der Waals surface area contributed by atoms with E-state index in [9.17, 15) is 18.0 Å². The summed E-state index contributed by atoms with van der Waals surface area (Å²) in [5.74, 6) is -0.405. The van der Waals surface area contributed by atoms with E-state index in [1.807, 2.05) is 26.0 Å². The molecule has 0 aliphatic carbocycles. The van der Waals surface area contributed by atoms with E-state index in [-0.39, 0.29) is 23.9 Å². The van der Waals surface area contributed by atoms with Crippen molar-refractivity contribution in [3.63, 3.8) is 0 Å². The summed E-state index contributed by atoms with van der Waals surface area (Å²) in [5, 5.41) is 2.94. The normalized spacial score (nSPS) is 19.7. The van der Waals surface area contributed by atoms with E-state index in [2.05, 4.69) is 19.2 Å². The highest BCUT2D eigenvalue weighted by molar-refractivity contribution is 7.89. The average Bonchev–Trinajstić information content (AvgIpc) is 2.76. The van der Waals surface area contributed by atoms with Crippen LogP contribution in [-0.2, 0) is 19.6 Å². The van der Waals surface area contributed by atoms with E-state index in [4.69, 9.17) is 0 Å². The van der Waals surface area contributed by atoms with Gasteiger partial charge in [0.2, 0.25) is 21.8 Å². The van der Waals surface area contributed by atoms with Crippen molar-refractivity contribution in [3.8, 4) is 0 Å². The molecule has 2 amide bonds. The van der Waals surface area contributed by atoms with E-state index in [0.717, 1.165) is 21.9 Å². The molecule has 1 aliphatic rings. The maximum atomic E-state index is 13.5. The Kier molecular flexibility index (Phi) is 7.29. The molecule has 1 atom stereocenters. The zero-order valence-electron chi connectivity index (χ0n) is 20.0. The predicted molar refractivity (Wildman–Crippen MR) is 129 cm³/mol. The average molecular weight is 472 g/mol. The maximum absolute atomic E-state index is 13.5. The highest BCUT2D eigenvalue weighted by atomic mass is 32.2. The minimum atomic E-state index is -3.95. The summed E-state index contributed by atoms with van der Waals surface area (Å²) in [4.78, 5) is 28.6. The molecule has 0 radical (unpaired) electrons. The zero-order chi connectivity index (χ0) is 24.4.